The number of carbonyl (C=O) groups is 2. The van der Waals surface area contributed by atoms with Crippen LogP contribution >= 0.6 is 0 Å². The molecule has 0 aliphatic carbocycles. The number of methoxy groups -OCH3 is 2. The highest BCUT2D eigenvalue weighted by atomic mass is 16.5. The van der Waals surface area contributed by atoms with Crippen LogP contribution in [0.25, 0.3) is 0 Å². The van der Waals surface area contributed by atoms with E-state index < -0.39 is 5.54 Å². The molecule has 0 aliphatic heterocycles. The van der Waals surface area contributed by atoms with Gasteiger partial charge in [-0.2, -0.15) is 0 Å². The van der Waals surface area contributed by atoms with Crippen molar-refractivity contribution in [3.8, 4) is 11.5 Å². The third kappa shape index (κ3) is 10.1. The molecule has 0 unspecified atom stereocenters. The highest BCUT2D eigenvalue weighted by Gasteiger charge is 2.30. The minimum absolute atomic E-state index is 0.0363. The van der Waals surface area contributed by atoms with Gasteiger partial charge in [0, 0.05) is 18.5 Å². The zero-order valence-corrected chi connectivity index (χ0v) is 23.7. The first-order chi connectivity index (χ1) is 17.7. The molecule has 7 nitrogen and oxygen atoms in total. The summed E-state index contributed by atoms with van der Waals surface area (Å²) < 4.78 is 16.3. The number of rotatable bonds is 16. The molecular weight excluding hydrogens is 468 g/mol. The van der Waals surface area contributed by atoms with Crippen molar-refractivity contribution in [2.24, 2.45) is 0 Å². The molecule has 0 saturated heterocycles. The summed E-state index contributed by atoms with van der Waals surface area (Å²) in [6, 6.07) is 9.46. The van der Waals surface area contributed by atoms with Crippen molar-refractivity contribution in [2.75, 3.05) is 27.3 Å². The van der Waals surface area contributed by atoms with Gasteiger partial charge in [0.2, 0.25) is 11.8 Å². The predicted octanol–water partition coefficient (Wildman–Crippen LogP) is 6.25. The molecule has 0 radical (unpaired) electrons. The maximum Gasteiger partial charge on any atom is 0.242 e. The molecule has 0 atom stereocenters. The number of furan rings is 1. The summed E-state index contributed by atoms with van der Waals surface area (Å²) in [5.74, 6) is 1.97. The lowest BCUT2D eigenvalue weighted by Gasteiger charge is -2.37. The highest BCUT2D eigenvalue weighted by Crippen LogP contribution is 2.28. The summed E-state index contributed by atoms with van der Waals surface area (Å²) in [6.45, 7) is 9.04. The minimum atomic E-state index is -0.450. The van der Waals surface area contributed by atoms with Gasteiger partial charge in [0.05, 0.1) is 27.0 Å². The van der Waals surface area contributed by atoms with Crippen LogP contribution in [0.2, 0.25) is 0 Å². The van der Waals surface area contributed by atoms with Gasteiger partial charge in [-0.3, -0.25) is 9.59 Å². The number of carbonyl (C=O) groups excluding carboxylic acids is 2. The fraction of sp³-hybridized carbons (Fsp3) is 0.600. The summed E-state index contributed by atoms with van der Waals surface area (Å²) in [7, 11) is 3.22. The van der Waals surface area contributed by atoms with E-state index in [-0.39, 0.29) is 18.4 Å². The first-order valence-corrected chi connectivity index (χ1v) is 13.5. The van der Waals surface area contributed by atoms with Gasteiger partial charge in [-0.05, 0) is 63.4 Å². The second-order valence-electron chi connectivity index (χ2n) is 10.5. The van der Waals surface area contributed by atoms with E-state index in [1.807, 2.05) is 51.1 Å². The average molecular weight is 515 g/mol. The van der Waals surface area contributed by atoms with Crippen molar-refractivity contribution < 1.29 is 23.5 Å². The molecule has 2 aromatic rings. The zero-order valence-electron chi connectivity index (χ0n) is 23.7. The highest BCUT2D eigenvalue weighted by molar-refractivity contribution is 5.85. The van der Waals surface area contributed by atoms with Crippen LogP contribution in [-0.4, -0.2) is 54.5 Å². The fourth-order valence-corrected chi connectivity index (χ4v) is 4.31. The Morgan fingerprint density at radius 3 is 2.24 bits per heavy atom. The number of benzene rings is 1. The topological polar surface area (TPSA) is 72.2 Å². The molecule has 0 aliphatic rings. The normalized spacial score (nSPS) is 11.3. The van der Waals surface area contributed by atoms with E-state index in [4.69, 9.17) is 13.9 Å². The van der Waals surface area contributed by atoms with Crippen LogP contribution in [-0.2, 0) is 22.6 Å². The smallest absolute Gasteiger partial charge is 0.242 e. The Bertz CT molecular complexity index is 949. The van der Waals surface area contributed by atoms with E-state index in [1.165, 1.54) is 19.3 Å². The summed E-state index contributed by atoms with van der Waals surface area (Å²) in [4.78, 5) is 30.2. The number of ether oxygens (including phenoxy) is 2. The Labute approximate surface area is 223 Å². The van der Waals surface area contributed by atoms with Crippen molar-refractivity contribution in [1.82, 2.24) is 9.80 Å². The van der Waals surface area contributed by atoms with E-state index >= 15 is 0 Å². The van der Waals surface area contributed by atoms with Gasteiger partial charge in [0.25, 0.3) is 0 Å². The van der Waals surface area contributed by atoms with Crippen molar-refractivity contribution in [3.63, 3.8) is 0 Å². The Hall–Kier alpha value is -2.96. The van der Waals surface area contributed by atoms with Crippen LogP contribution < -0.4 is 9.47 Å². The Balaban J connectivity index is 2.08. The van der Waals surface area contributed by atoms with Gasteiger partial charge >= 0.3 is 0 Å². The van der Waals surface area contributed by atoms with Crippen molar-refractivity contribution in [1.29, 1.82) is 0 Å². The van der Waals surface area contributed by atoms with Crippen LogP contribution in [0.5, 0.6) is 11.5 Å². The summed E-state index contributed by atoms with van der Waals surface area (Å²) in [5.41, 5.74) is 0.580. The van der Waals surface area contributed by atoms with E-state index in [0.717, 1.165) is 24.8 Å². The third-order valence-electron chi connectivity index (χ3n) is 6.55. The number of hydrogen-bond acceptors (Lipinski definition) is 5. The first kappa shape index (κ1) is 30.3. The monoisotopic (exact) mass is 514 g/mol. The molecular formula is C30H46N2O5. The van der Waals surface area contributed by atoms with E-state index in [0.29, 0.717) is 43.2 Å². The van der Waals surface area contributed by atoms with Crippen molar-refractivity contribution in [3.05, 3.63) is 47.9 Å². The molecule has 0 saturated carbocycles. The quantitative estimate of drug-likeness (QED) is 0.248. The van der Waals surface area contributed by atoms with Gasteiger partial charge in [0.1, 0.15) is 12.3 Å². The lowest BCUT2D eigenvalue weighted by molar-refractivity contribution is -0.145. The van der Waals surface area contributed by atoms with Gasteiger partial charge < -0.3 is 23.7 Å². The van der Waals surface area contributed by atoms with Crippen LogP contribution in [0.4, 0.5) is 0 Å². The summed E-state index contributed by atoms with van der Waals surface area (Å²) >= 11 is 0. The van der Waals surface area contributed by atoms with Gasteiger partial charge in [-0.15, -0.1) is 0 Å². The van der Waals surface area contributed by atoms with Gasteiger partial charge in [-0.1, -0.05) is 45.1 Å². The molecule has 0 bridgehead atoms. The Morgan fingerprint density at radius 2 is 1.62 bits per heavy atom. The molecule has 1 aromatic carbocycles. The first-order valence-electron chi connectivity index (χ1n) is 13.5. The molecule has 0 N–H and O–H groups in total. The van der Waals surface area contributed by atoms with E-state index in [2.05, 4.69) is 6.92 Å². The molecule has 0 spiro atoms. The Morgan fingerprint density at radius 1 is 0.919 bits per heavy atom. The zero-order chi connectivity index (χ0) is 27.3. The summed E-state index contributed by atoms with van der Waals surface area (Å²) in [5, 5.41) is 0. The molecule has 37 heavy (non-hydrogen) atoms. The fourth-order valence-electron chi connectivity index (χ4n) is 4.31. The van der Waals surface area contributed by atoms with Crippen LogP contribution in [0.3, 0.4) is 0 Å². The lowest BCUT2D eigenvalue weighted by Crippen LogP contribution is -2.51. The van der Waals surface area contributed by atoms with Gasteiger partial charge in [0.15, 0.2) is 11.5 Å². The standard InChI is InChI=1S/C30H46N2O5/c1-7-8-9-10-11-12-15-28(33)32(30(2,3)4)23-29(34)31(22-25-14-13-20-37-25)19-18-24-16-17-26(35-5)27(21-24)36-6/h13-14,16-17,20-21H,7-12,15,18-19,22-23H2,1-6H3. The molecule has 206 valence electrons. The molecule has 0 fully saturated rings. The molecule has 2 amide bonds. The average Bonchev–Trinajstić information content (AvgIpc) is 3.39. The van der Waals surface area contributed by atoms with Gasteiger partial charge in [-0.25, -0.2) is 0 Å². The van der Waals surface area contributed by atoms with Crippen molar-refractivity contribution >= 4 is 11.8 Å². The van der Waals surface area contributed by atoms with E-state index in [1.54, 1.807) is 30.3 Å². The van der Waals surface area contributed by atoms with Crippen LogP contribution in [0.15, 0.2) is 41.0 Å². The molecule has 2 rings (SSSR count). The second kappa shape index (κ2) is 15.3. The number of unbranched alkanes of at least 4 members (excludes halogenated alkanes) is 5. The maximum absolute atomic E-state index is 13.6. The lowest BCUT2D eigenvalue weighted by atomic mass is 10.0. The van der Waals surface area contributed by atoms with Crippen LogP contribution in [0, 0.1) is 0 Å². The number of nitrogens with zero attached hydrogens (tertiary/aromatic N) is 2. The second-order valence-corrected chi connectivity index (χ2v) is 10.5. The predicted molar refractivity (Wildman–Crippen MR) is 147 cm³/mol. The van der Waals surface area contributed by atoms with Crippen molar-refractivity contribution in [2.45, 2.75) is 91.1 Å². The molecule has 7 heteroatoms. The maximum atomic E-state index is 13.6. The number of amides is 2. The van der Waals surface area contributed by atoms with E-state index in [9.17, 15) is 9.59 Å². The molecule has 1 heterocycles. The number of hydrogen-bond donors (Lipinski definition) is 0. The third-order valence-corrected chi connectivity index (χ3v) is 6.55. The SMILES string of the molecule is CCCCCCCCC(=O)N(CC(=O)N(CCc1ccc(OC)c(OC)c1)Cc1ccco1)C(C)(C)C. The minimum Gasteiger partial charge on any atom is -0.493 e. The Kier molecular flexibility index (Phi) is 12.5. The summed E-state index contributed by atoms with van der Waals surface area (Å²) in [6.07, 6.45) is 9.44. The van der Waals surface area contributed by atoms with Crippen LogP contribution in [0.1, 0.15) is 84.0 Å². The largest absolute Gasteiger partial charge is 0.493 e. The molecule has 1 aromatic heterocycles.